The zero-order valence-corrected chi connectivity index (χ0v) is 23.0. The van der Waals surface area contributed by atoms with E-state index in [2.05, 4.69) is 5.32 Å². The quantitative estimate of drug-likeness (QED) is 0.437. The molecule has 2 aromatic rings. The summed E-state index contributed by atoms with van der Waals surface area (Å²) in [6.45, 7) is 8.65. The normalized spacial score (nSPS) is 12.2. The van der Waals surface area contributed by atoms with E-state index in [0.29, 0.717) is 23.9 Å². The van der Waals surface area contributed by atoms with E-state index >= 15 is 0 Å². The zero-order chi connectivity index (χ0) is 26.9. The molecule has 1 atom stereocenters. The van der Waals surface area contributed by atoms with Gasteiger partial charge in [-0.1, -0.05) is 55.8 Å². The van der Waals surface area contributed by atoms with Gasteiger partial charge in [-0.2, -0.15) is 0 Å². The molecule has 2 amide bonds. The molecule has 0 radical (unpaired) electrons. The van der Waals surface area contributed by atoms with Gasteiger partial charge >= 0.3 is 0 Å². The molecule has 36 heavy (non-hydrogen) atoms. The highest BCUT2D eigenvalue weighted by Gasteiger charge is 2.27. The summed E-state index contributed by atoms with van der Waals surface area (Å²) in [4.78, 5) is 27.7. The molecule has 0 aliphatic heterocycles. The molecule has 0 aliphatic rings. The summed E-state index contributed by atoms with van der Waals surface area (Å²) < 4.78 is 31.6. The maximum absolute atomic E-state index is 13.3. The number of nitrogens with zero attached hydrogens (tertiary/aromatic N) is 2. The van der Waals surface area contributed by atoms with Gasteiger partial charge in [-0.05, 0) is 43.9 Å². The summed E-state index contributed by atoms with van der Waals surface area (Å²) >= 11 is 0. The van der Waals surface area contributed by atoms with Crippen LogP contribution in [0.5, 0.6) is 5.75 Å². The third-order valence-electron chi connectivity index (χ3n) is 5.83. The van der Waals surface area contributed by atoms with Crippen molar-refractivity contribution < 1.29 is 22.7 Å². The van der Waals surface area contributed by atoms with Crippen LogP contribution in [0.15, 0.2) is 48.5 Å². The Hall–Kier alpha value is -3.07. The molecule has 0 aromatic heterocycles. The lowest BCUT2D eigenvalue weighted by atomic mass is 10.1. The third-order valence-corrected chi connectivity index (χ3v) is 7.01. The Morgan fingerprint density at radius 2 is 1.67 bits per heavy atom. The Morgan fingerprint density at radius 1 is 1.03 bits per heavy atom. The van der Waals surface area contributed by atoms with Crippen LogP contribution in [0.1, 0.15) is 44.7 Å². The number of rotatable bonds is 13. The maximum Gasteiger partial charge on any atom is 0.242 e. The number of ether oxygens (including phenoxy) is 1. The first-order valence-electron chi connectivity index (χ1n) is 12.2. The van der Waals surface area contributed by atoms with Crippen molar-refractivity contribution in [1.29, 1.82) is 0 Å². The van der Waals surface area contributed by atoms with Crippen LogP contribution in [-0.4, -0.2) is 57.6 Å². The average molecular weight is 518 g/mol. The molecule has 8 nitrogen and oxygen atoms in total. The molecule has 2 aromatic carbocycles. The monoisotopic (exact) mass is 517 g/mol. The second-order valence-corrected chi connectivity index (χ2v) is 11.3. The highest BCUT2D eigenvalue weighted by Crippen LogP contribution is 2.29. The summed E-state index contributed by atoms with van der Waals surface area (Å²) in [6.07, 6.45) is 1.51. The van der Waals surface area contributed by atoms with Gasteiger partial charge in [0.1, 0.15) is 11.8 Å². The lowest BCUT2D eigenvalue weighted by Gasteiger charge is -2.30. The average Bonchev–Trinajstić information content (AvgIpc) is 2.83. The van der Waals surface area contributed by atoms with Crippen LogP contribution in [-0.2, 0) is 26.2 Å². The van der Waals surface area contributed by atoms with Gasteiger partial charge in [0.2, 0.25) is 21.8 Å². The Bertz CT molecular complexity index is 1120. The molecule has 0 unspecified atom stereocenters. The van der Waals surface area contributed by atoms with Gasteiger partial charge in [0, 0.05) is 26.1 Å². The Balaban J connectivity index is 2.18. The first-order chi connectivity index (χ1) is 16.9. The molecular formula is C27H39N3O5S. The van der Waals surface area contributed by atoms with Crippen LogP contribution in [0.4, 0.5) is 5.69 Å². The topological polar surface area (TPSA) is 96.0 Å². The van der Waals surface area contributed by atoms with Crippen molar-refractivity contribution in [3.8, 4) is 5.75 Å². The van der Waals surface area contributed by atoms with Crippen LogP contribution in [0.25, 0.3) is 0 Å². The molecule has 198 valence electrons. The molecule has 0 bridgehead atoms. The number of benzene rings is 2. The van der Waals surface area contributed by atoms with E-state index in [4.69, 9.17) is 4.74 Å². The van der Waals surface area contributed by atoms with Gasteiger partial charge in [0.25, 0.3) is 0 Å². The highest BCUT2D eigenvalue weighted by atomic mass is 32.2. The number of hydrogen-bond acceptors (Lipinski definition) is 5. The standard InChI is InChI=1S/C27H39N3O5S/c1-20(2)18-28-27(32)22(4)29(19-23-15-13-21(3)14-16-23)26(31)12-9-17-30(36(6,33)34)24-10-7-8-11-25(24)35-5/h7-8,10-11,13-16,20,22H,9,12,17-19H2,1-6H3,(H,28,32)/t22-/m1/s1. The van der Waals surface area contributed by atoms with Crippen molar-refractivity contribution in [2.24, 2.45) is 5.92 Å². The molecular weight excluding hydrogens is 478 g/mol. The number of hydrogen-bond donors (Lipinski definition) is 1. The van der Waals surface area contributed by atoms with Crippen molar-refractivity contribution in [2.45, 2.75) is 53.1 Å². The summed E-state index contributed by atoms with van der Waals surface area (Å²) in [5.74, 6) is 0.303. The smallest absolute Gasteiger partial charge is 0.242 e. The van der Waals surface area contributed by atoms with Crippen molar-refractivity contribution in [1.82, 2.24) is 10.2 Å². The highest BCUT2D eigenvalue weighted by molar-refractivity contribution is 7.92. The molecule has 0 aliphatic carbocycles. The molecule has 0 saturated carbocycles. The summed E-state index contributed by atoms with van der Waals surface area (Å²) in [5, 5.41) is 2.91. The summed E-state index contributed by atoms with van der Waals surface area (Å²) in [7, 11) is -2.12. The van der Waals surface area contributed by atoms with E-state index in [1.54, 1.807) is 36.1 Å². The fourth-order valence-corrected chi connectivity index (χ4v) is 4.71. The summed E-state index contributed by atoms with van der Waals surface area (Å²) in [5.41, 5.74) is 2.45. The Morgan fingerprint density at radius 3 is 2.25 bits per heavy atom. The predicted octanol–water partition coefficient (Wildman–Crippen LogP) is 3.74. The number of aryl methyl sites for hydroxylation is 1. The second-order valence-electron chi connectivity index (χ2n) is 9.43. The van der Waals surface area contributed by atoms with Gasteiger partial charge in [-0.15, -0.1) is 0 Å². The zero-order valence-electron chi connectivity index (χ0n) is 22.2. The first-order valence-corrected chi connectivity index (χ1v) is 14.0. The number of sulfonamides is 1. The van der Waals surface area contributed by atoms with Gasteiger partial charge < -0.3 is 15.0 Å². The number of methoxy groups -OCH3 is 1. The fourth-order valence-electron chi connectivity index (χ4n) is 3.74. The predicted molar refractivity (Wildman–Crippen MR) is 143 cm³/mol. The fraction of sp³-hybridized carbons (Fsp3) is 0.481. The molecule has 9 heteroatoms. The van der Waals surface area contributed by atoms with E-state index in [1.807, 2.05) is 45.0 Å². The van der Waals surface area contributed by atoms with E-state index in [9.17, 15) is 18.0 Å². The summed E-state index contributed by atoms with van der Waals surface area (Å²) in [6, 6.07) is 14.0. The lowest BCUT2D eigenvalue weighted by molar-refractivity contribution is -0.140. The van der Waals surface area contributed by atoms with E-state index in [-0.39, 0.29) is 37.7 Å². The van der Waals surface area contributed by atoms with Crippen LogP contribution >= 0.6 is 0 Å². The molecule has 2 rings (SSSR count). The van der Waals surface area contributed by atoms with E-state index in [0.717, 1.165) is 17.4 Å². The van der Waals surface area contributed by atoms with E-state index < -0.39 is 16.1 Å². The number of amides is 2. The van der Waals surface area contributed by atoms with Gasteiger partial charge in [0.05, 0.1) is 19.1 Å². The van der Waals surface area contributed by atoms with Crippen LogP contribution < -0.4 is 14.4 Å². The molecule has 0 fully saturated rings. The van der Waals surface area contributed by atoms with Crippen LogP contribution in [0.3, 0.4) is 0 Å². The Labute approximate surface area is 215 Å². The molecule has 1 N–H and O–H groups in total. The largest absolute Gasteiger partial charge is 0.495 e. The lowest BCUT2D eigenvalue weighted by Crippen LogP contribution is -2.48. The Kier molecular flexibility index (Phi) is 10.8. The van der Waals surface area contributed by atoms with Gasteiger partial charge in [-0.25, -0.2) is 8.42 Å². The second kappa shape index (κ2) is 13.3. The number of carbonyl (C=O) groups excluding carboxylic acids is 2. The maximum atomic E-state index is 13.3. The first kappa shape index (κ1) is 29.2. The van der Waals surface area contributed by atoms with Crippen molar-refractivity contribution in [2.75, 3.05) is 30.8 Å². The minimum absolute atomic E-state index is 0.0921. The molecule has 0 heterocycles. The van der Waals surface area contributed by atoms with Crippen LogP contribution in [0.2, 0.25) is 0 Å². The van der Waals surface area contributed by atoms with Gasteiger partial charge in [-0.3, -0.25) is 13.9 Å². The van der Waals surface area contributed by atoms with Crippen molar-refractivity contribution in [3.63, 3.8) is 0 Å². The van der Waals surface area contributed by atoms with Gasteiger partial charge in [0.15, 0.2) is 0 Å². The number of carbonyl (C=O) groups is 2. The number of para-hydroxylation sites is 2. The molecule has 0 spiro atoms. The number of nitrogens with one attached hydrogen (secondary N) is 1. The van der Waals surface area contributed by atoms with Crippen molar-refractivity contribution >= 4 is 27.5 Å². The molecule has 0 saturated heterocycles. The minimum Gasteiger partial charge on any atom is -0.495 e. The van der Waals surface area contributed by atoms with Crippen molar-refractivity contribution in [3.05, 3.63) is 59.7 Å². The van der Waals surface area contributed by atoms with Crippen LogP contribution in [0, 0.1) is 12.8 Å². The third kappa shape index (κ3) is 8.55. The SMILES string of the molecule is COc1ccccc1N(CCCC(=O)N(Cc1ccc(C)cc1)[C@H](C)C(=O)NCC(C)C)S(C)(=O)=O. The minimum atomic E-state index is -3.60. The van der Waals surface area contributed by atoms with E-state index in [1.165, 1.54) is 11.4 Å². The number of anilines is 1.